The fourth-order valence-corrected chi connectivity index (χ4v) is 4.30. The van der Waals surface area contributed by atoms with Gasteiger partial charge >= 0.3 is 0 Å². The van der Waals surface area contributed by atoms with E-state index in [0.29, 0.717) is 39.0 Å². The number of likely N-dealkylation sites (tertiary alicyclic amines) is 1. The predicted octanol–water partition coefficient (Wildman–Crippen LogP) is 3.30. The summed E-state index contributed by atoms with van der Waals surface area (Å²) in [5.41, 5.74) is 2.15. The molecule has 0 N–H and O–H groups in total. The third-order valence-corrected chi connectivity index (χ3v) is 6.07. The van der Waals surface area contributed by atoms with Crippen LogP contribution in [0.2, 0.25) is 0 Å². The molecule has 1 saturated heterocycles. The van der Waals surface area contributed by atoms with E-state index in [1.165, 1.54) is 6.07 Å². The van der Waals surface area contributed by atoms with Crippen molar-refractivity contribution in [1.29, 1.82) is 0 Å². The van der Waals surface area contributed by atoms with Crippen LogP contribution in [0.1, 0.15) is 28.8 Å². The van der Waals surface area contributed by atoms with Gasteiger partial charge in [-0.25, -0.2) is 8.78 Å². The van der Waals surface area contributed by atoms with Crippen LogP contribution in [-0.4, -0.2) is 54.8 Å². The molecular weight excluding hydrogens is 388 g/mol. The molecule has 30 heavy (non-hydrogen) atoms. The van der Waals surface area contributed by atoms with Crippen LogP contribution in [0.15, 0.2) is 42.5 Å². The predicted molar refractivity (Wildman–Crippen MR) is 110 cm³/mol. The summed E-state index contributed by atoms with van der Waals surface area (Å²) < 4.78 is 27.0. The van der Waals surface area contributed by atoms with Crippen molar-refractivity contribution in [2.24, 2.45) is 5.92 Å². The highest BCUT2D eigenvalue weighted by Gasteiger charge is 2.32. The van der Waals surface area contributed by atoms with E-state index in [9.17, 15) is 18.4 Å². The smallest absolute Gasteiger partial charge is 0.256 e. The van der Waals surface area contributed by atoms with Gasteiger partial charge in [-0.2, -0.15) is 0 Å². The summed E-state index contributed by atoms with van der Waals surface area (Å²) in [5.74, 6) is -2.06. The maximum Gasteiger partial charge on any atom is 0.256 e. The second-order valence-electron chi connectivity index (χ2n) is 8.00. The molecule has 0 spiro atoms. The van der Waals surface area contributed by atoms with Gasteiger partial charge in [-0.05, 0) is 36.6 Å². The van der Waals surface area contributed by atoms with Crippen molar-refractivity contribution in [2.75, 3.05) is 38.1 Å². The Kier molecular flexibility index (Phi) is 5.70. The number of carbonyl (C=O) groups is 2. The fourth-order valence-electron chi connectivity index (χ4n) is 4.30. The number of anilines is 1. The lowest BCUT2D eigenvalue weighted by Gasteiger charge is -2.34. The molecule has 2 aromatic rings. The Hall–Kier alpha value is -2.96. The Morgan fingerprint density at radius 3 is 2.40 bits per heavy atom. The summed E-state index contributed by atoms with van der Waals surface area (Å²) in [6.45, 7) is 2.78. The first kappa shape index (κ1) is 20.3. The van der Waals surface area contributed by atoms with Gasteiger partial charge in [-0.15, -0.1) is 0 Å². The largest absolute Gasteiger partial charge is 0.373 e. The number of piperidine rings is 1. The highest BCUT2D eigenvalue weighted by atomic mass is 19.1. The van der Waals surface area contributed by atoms with Gasteiger partial charge in [0.05, 0.1) is 5.56 Å². The normalized spacial score (nSPS) is 17.5. The molecule has 2 aliphatic heterocycles. The van der Waals surface area contributed by atoms with Gasteiger partial charge in [-0.3, -0.25) is 9.59 Å². The van der Waals surface area contributed by atoms with Crippen LogP contribution < -0.4 is 4.90 Å². The van der Waals surface area contributed by atoms with E-state index in [0.717, 1.165) is 29.9 Å². The molecule has 5 nitrogen and oxygen atoms in total. The first-order valence-corrected chi connectivity index (χ1v) is 10.3. The molecule has 2 heterocycles. The summed E-state index contributed by atoms with van der Waals surface area (Å²) >= 11 is 0. The maximum atomic E-state index is 13.9. The topological polar surface area (TPSA) is 43.9 Å². The van der Waals surface area contributed by atoms with Crippen LogP contribution in [0.5, 0.6) is 0 Å². The second kappa shape index (κ2) is 8.42. The van der Waals surface area contributed by atoms with Crippen molar-refractivity contribution in [3.63, 3.8) is 0 Å². The van der Waals surface area contributed by atoms with Gasteiger partial charge in [-0.1, -0.05) is 18.2 Å². The third kappa shape index (κ3) is 4.01. The molecule has 0 radical (unpaired) electrons. The molecule has 1 fully saturated rings. The van der Waals surface area contributed by atoms with Crippen molar-refractivity contribution in [2.45, 2.75) is 19.4 Å². The van der Waals surface area contributed by atoms with E-state index in [1.807, 2.05) is 24.1 Å². The van der Waals surface area contributed by atoms with E-state index in [-0.39, 0.29) is 17.4 Å². The van der Waals surface area contributed by atoms with Crippen molar-refractivity contribution in [3.05, 3.63) is 65.2 Å². The molecular formula is C23H25F2N3O2. The number of halogens is 2. The number of hydrogen-bond acceptors (Lipinski definition) is 3. The second-order valence-corrected chi connectivity index (χ2v) is 8.00. The van der Waals surface area contributed by atoms with E-state index in [1.54, 1.807) is 4.90 Å². The zero-order valence-electron chi connectivity index (χ0n) is 17.0. The molecule has 0 aromatic heterocycles. The van der Waals surface area contributed by atoms with E-state index < -0.39 is 17.5 Å². The zero-order chi connectivity index (χ0) is 21.3. The Balaban J connectivity index is 1.39. The molecule has 2 aromatic carbocycles. The van der Waals surface area contributed by atoms with Gasteiger partial charge in [0.1, 0.15) is 11.6 Å². The number of likely N-dealkylation sites (N-methyl/N-ethyl adjacent to an activating group) is 1. The fraction of sp³-hybridized carbons (Fsp3) is 0.391. The number of hydrogen-bond donors (Lipinski definition) is 0. The molecule has 2 amide bonds. The summed E-state index contributed by atoms with van der Waals surface area (Å²) in [7, 11) is 2.03. The monoisotopic (exact) mass is 413 g/mol. The third-order valence-electron chi connectivity index (χ3n) is 6.07. The summed E-state index contributed by atoms with van der Waals surface area (Å²) in [4.78, 5) is 31.4. The minimum atomic E-state index is -0.856. The van der Waals surface area contributed by atoms with Crippen LogP contribution in [0, 0.1) is 17.6 Å². The standard InChI is InChI=1S/C23H25F2N3O2/c1-26-12-13-28(15-17-4-2-3-5-21(17)26)22(29)16-8-10-27(11-9-16)23(30)19-7-6-18(24)14-20(19)25/h2-7,14,16H,8-13,15H2,1H3. The quantitative estimate of drug-likeness (QED) is 0.759. The average Bonchev–Trinajstić information content (AvgIpc) is 2.92. The minimum absolute atomic E-state index is 0.111. The van der Waals surface area contributed by atoms with Gasteiger partial charge in [0, 0.05) is 57.4 Å². The van der Waals surface area contributed by atoms with Crippen molar-refractivity contribution >= 4 is 17.5 Å². The number of para-hydroxylation sites is 1. The zero-order valence-corrected chi connectivity index (χ0v) is 17.0. The van der Waals surface area contributed by atoms with E-state index in [4.69, 9.17) is 0 Å². The van der Waals surface area contributed by atoms with Crippen LogP contribution in [-0.2, 0) is 11.3 Å². The Bertz CT molecular complexity index is 957. The highest BCUT2D eigenvalue weighted by Crippen LogP contribution is 2.27. The summed E-state index contributed by atoms with van der Waals surface area (Å²) in [6.07, 6.45) is 1.09. The molecule has 158 valence electrons. The number of rotatable bonds is 2. The molecule has 0 unspecified atom stereocenters. The first-order valence-electron chi connectivity index (χ1n) is 10.3. The Morgan fingerprint density at radius 1 is 0.933 bits per heavy atom. The SMILES string of the molecule is CN1CCN(C(=O)C2CCN(C(=O)c3ccc(F)cc3F)CC2)Cc2ccccc21. The number of benzene rings is 2. The van der Waals surface area contributed by atoms with Crippen molar-refractivity contribution < 1.29 is 18.4 Å². The van der Waals surface area contributed by atoms with Crippen LogP contribution in [0.25, 0.3) is 0 Å². The van der Waals surface area contributed by atoms with E-state index >= 15 is 0 Å². The lowest BCUT2D eigenvalue weighted by molar-refractivity contribution is -0.137. The molecule has 4 rings (SSSR count). The van der Waals surface area contributed by atoms with Gasteiger partial charge in [0.15, 0.2) is 0 Å². The number of fused-ring (bicyclic) bond motifs is 1. The van der Waals surface area contributed by atoms with Crippen LogP contribution >= 0.6 is 0 Å². The van der Waals surface area contributed by atoms with Gasteiger partial charge in [0.2, 0.25) is 5.91 Å². The lowest BCUT2D eigenvalue weighted by atomic mass is 9.94. The summed E-state index contributed by atoms with van der Waals surface area (Å²) in [5, 5.41) is 0. The Morgan fingerprint density at radius 2 is 1.67 bits per heavy atom. The lowest BCUT2D eigenvalue weighted by Crippen LogP contribution is -2.45. The molecule has 2 aliphatic rings. The maximum absolute atomic E-state index is 13.9. The molecule has 0 bridgehead atoms. The van der Waals surface area contributed by atoms with Crippen molar-refractivity contribution in [1.82, 2.24) is 9.80 Å². The number of carbonyl (C=O) groups excluding carboxylic acids is 2. The minimum Gasteiger partial charge on any atom is -0.373 e. The Labute approximate surface area is 174 Å². The highest BCUT2D eigenvalue weighted by molar-refractivity contribution is 5.94. The molecule has 7 heteroatoms. The molecule has 0 aliphatic carbocycles. The van der Waals surface area contributed by atoms with E-state index in [2.05, 4.69) is 17.0 Å². The van der Waals surface area contributed by atoms with Crippen LogP contribution in [0.3, 0.4) is 0 Å². The van der Waals surface area contributed by atoms with Crippen molar-refractivity contribution in [3.8, 4) is 0 Å². The first-order chi connectivity index (χ1) is 14.4. The molecule has 0 atom stereocenters. The number of amides is 2. The van der Waals surface area contributed by atoms with Crippen LogP contribution in [0.4, 0.5) is 14.5 Å². The summed E-state index contributed by atoms with van der Waals surface area (Å²) in [6, 6.07) is 11.1. The van der Waals surface area contributed by atoms with Gasteiger partial charge < -0.3 is 14.7 Å². The molecule has 0 saturated carbocycles. The average molecular weight is 413 g/mol. The number of nitrogens with zero attached hydrogens (tertiary/aromatic N) is 3. The van der Waals surface area contributed by atoms with Gasteiger partial charge in [0.25, 0.3) is 5.91 Å².